The normalized spacial score (nSPS) is 19.0. The maximum absolute atomic E-state index is 12.6. The van der Waals surface area contributed by atoms with Gasteiger partial charge in [-0.1, -0.05) is 19.0 Å². The number of carbonyl (C=O) groups excluding carboxylic acids is 2. The number of aromatic nitrogens is 2. The van der Waals surface area contributed by atoms with E-state index in [-0.39, 0.29) is 17.7 Å². The predicted octanol–water partition coefficient (Wildman–Crippen LogP) is 3.59. The summed E-state index contributed by atoms with van der Waals surface area (Å²) in [6, 6.07) is 5.69. The lowest BCUT2D eigenvalue weighted by Crippen LogP contribution is -2.50. The Bertz CT molecular complexity index is 1010. The van der Waals surface area contributed by atoms with Crippen LogP contribution in [0, 0.1) is 12.8 Å². The van der Waals surface area contributed by atoms with Gasteiger partial charge in [-0.2, -0.15) is 4.98 Å². The number of nitrogens with one attached hydrogen (secondary N) is 2. The first-order chi connectivity index (χ1) is 16.9. The highest BCUT2D eigenvalue weighted by molar-refractivity contribution is 5.98. The van der Waals surface area contributed by atoms with Crippen LogP contribution in [0.2, 0.25) is 0 Å². The summed E-state index contributed by atoms with van der Waals surface area (Å²) in [5.41, 5.74) is 1.41. The van der Waals surface area contributed by atoms with Crippen molar-refractivity contribution < 1.29 is 18.8 Å². The van der Waals surface area contributed by atoms with Crippen LogP contribution in [0.3, 0.4) is 0 Å². The molecule has 3 heterocycles. The van der Waals surface area contributed by atoms with Crippen LogP contribution < -0.4 is 20.3 Å². The Morgan fingerprint density at radius 1 is 1.29 bits per heavy atom. The van der Waals surface area contributed by atoms with Crippen molar-refractivity contribution in [3.05, 3.63) is 35.2 Å². The molecule has 9 heteroatoms. The number of benzene rings is 1. The van der Waals surface area contributed by atoms with E-state index in [1.54, 1.807) is 6.07 Å². The summed E-state index contributed by atoms with van der Waals surface area (Å²) in [7, 11) is 0. The molecule has 1 aromatic carbocycles. The lowest BCUT2D eigenvalue weighted by atomic mass is 9.92. The van der Waals surface area contributed by atoms with Crippen LogP contribution in [-0.4, -0.2) is 54.2 Å². The lowest BCUT2D eigenvalue weighted by molar-refractivity contribution is -0.124. The van der Waals surface area contributed by atoms with Gasteiger partial charge in [0.25, 0.3) is 5.91 Å². The molecule has 0 radical (unpaired) electrons. The molecule has 1 aromatic heterocycles. The number of hydrogen-bond donors (Lipinski definition) is 2. The summed E-state index contributed by atoms with van der Waals surface area (Å²) in [5, 5.41) is 9.71. The van der Waals surface area contributed by atoms with Crippen molar-refractivity contribution >= 4 is 17.8 Å². The number of rotatable bonds is 9. The molecule has 2 aromatic rings. The molecule has 0 saturated carbocycles. The Morgan fingerprint density at radius 3 is 2.77 bits per heavy atom. The monoisotopic (exact) mass is 483 g/mol. The molecule has 190 valence electrons. The van der Waals surface area contributed by atoms with E-state index in [1.165, 1.54) is 0 Å². The molecule has 2 saturated heterocycles. The van der Waals surface area contributed by atoms with Gasteiger partial charge in [0.2, 0.25) is 5.91 Å². The summed E-state index contributed by atoms with van der Waals surface area (Å²) in [6.07, 6.45) is 5.88. The van der Waals surface area contributed by atoms with Gasteiger partial charge in [0.1, 0.15) is 11.8 Å². The molecule has 4 rings (SSSR count). The third-order valence-corrected chi connectivity index (χ3v) is 6.89. The average molecular weight is 484 g/mol. The molecule has 2 amide bonds. The summed E-state index contributed by atoms with van der Waals surface area (Å²) >= 11 is 0. The summed E-state index contributed by atoms with van der Waals surface area (Å²) in [6.45, 7) is 9.23. The number of carbonyl (C=O) groups is 2. The van der Waals surface area contributed by atoms with Crippen LogP contribution in [0.4, 0.5) is 6.01 Å². The predicted molar refractivity (Wildman–Crippen MR) is 133 cm³/mol. The largest absolute Gasteiger partial charge is 0.494 e. The maximum Gasteiger partial charge on any atom is 0.324 e. The fraction of sp³-hybridized carbons (Fsp3) is 0.615. The highest BCUT2D eigenvalue weighted by atomic mass is 16.5. The van der Waals surface area contributed by atoms with Crippen molar-refractivity contribution in [3.63, 3.8) is 0 Å². The highest BCUT2D eigenvalue weighted by Gasteiger charge is 2.25. The van der Waals surface area contributed by atoms with Gasteiger partial charge < -0.3 is 24.8 Å². The van der Waals surface area contributed by atoms with Crippen molar-refractivity contribution in [1.29, 1.82) is 0 Å². The number of anilines is 1. The van der Waals surface area contributed by atoms with Crippen molar-refractivity contribution in [2.24, 2.45) is 5.92 Å². The SMILES string of the molecule is Cc1cc(OCCCC2CCN(c3nc(C(C)C)no3)CC2)ccc1C(=O)N[C@H]1CCCNC1=O. The number of hydrogen-bond acceptors (Lipinski definition) is 7. The Labute approximate surface area is 207 Å². The van der Waals surface area contributed by atoms with Gasteiger partial charge in [0, 0.05) is 31.1 Å². The number of piperidine rings is 2. The van der Waals surface area contributed by atoms with Gasteiger partial charge in [-0.25, -0.2) is 0 Å². The molecule has 2 N–H and O–H groups in total. The molecule has 0 bridgehead atoms. The molecule has 35 heavy (non-hydrogen) atoms. The minimum Gasteiger partial charge on any atom is -0.494 e. The maximum atomic E-state index is 12.6. The summed E-state index contributed by atoms with van der Waals surface area (Å²) in [5.74, 6) is 2.15. The molecule has 2 fully saturated rings. The Kier molecular flexibility index (Phi) is 8.25. The standard InChI is InChI=1S/C26H37N5O4/c1-17(2)23-29-26(35-30-23)31-13-10-19(11-14-31)6-5-15-34-20-8-9-21(18(3)16-20)24(32)28-22-7-4-12-27-25(22)33/h8-9,16-17,19,22H,4-7,10-15H2,1-3H3,(H,27,33)(H,28,32)/t22-/m0/s1. The van der Waals surface area contributed by atoms with Gasteiger partial charge in [0.05, 0.1) is 6.61 Å². The molecule has 2 aliphatic heterocycles. The van der Waals surface area contributed by atoms with Crippen molar-refractivity contribution in [2.45, 2.75) is 71.3 Å². The summed E-state index contributed by atoms with van der Waals surface area (Å²) < 4.78 is 11.4. The van der Waals surface area contributed by atoms with Crippen molar-refractivity contribution in [3.8, 4) is 5.75 Å². The van der Waals surface area contributed by atoms with E-state index in [1.807, 2.05) is 19.1 Å². The number of ether oxygens (including phenoxy) is 1. The van der Waals surface area contributed by atoms with Crippen LogP contribution in [-0.2, 0) is 4.79 Å². The molecular formula is C26H37N5O4. The molecule has 0 spiro atoms. The first-order valence-corrected chi connectivity index (χ1v) is 12.8. The number of aryl methyl sites for hydroxylation is 1. The van der Waals surface area contributed by atoms with E-state index in [0.29, 0.717) is 37.1 Å². The Balaban J connectivity index is 1.17. The van der Waals surface area contributed by atoms with E-state index < -0.39 is 6.04 Å². The smallest absolute Gasteiger partial charge is 0.324 e. The zero-order chi connectivity index (χ0) is 24.8. The average Bonchev–Trinajstić information content (AvgIpc) is 3.34. The van der Waals surface area contributed by atoms with Gasteiger partial charge in [-0.3, -0.25) is 9.59 Å². The zero-order valence-electron chi connectivity index (χ0n) is 21.0. The van der Waals surface area contributed by atoms with E-state index in [0.717, 1.165) is 62.3 Å². The summed E-state index contributed by atoms with van der Waals surface area (Å²) in [4.78, 5) is 31.2. The third-order valence-electron chi connectivity index (χ3n) is 6.89. The van der Waals surface area contributed by atoms with Crippen LogP contribution in [0.25, 0.3) is 0 Å². The van der Waals surface area contributed by atoms with Crippen LogP contribution in [0.15, 0.2) is 22.7 Å². The van der Waals surface area contributed by atoms with E-state index >= 15 is 0 Å². The van der Waals surface area contributed by atoms with E-state index in [4.69, 9.17) is 9.26 Å². The third kappa shape index (κ3) is 6.52. The van der Waals surface area contributed by atoms with Crippen LogP contribution in [0.1, 0.15) is 80.0 Å². The Hall–Kier alpha value is -3.10. The van der Waals surface area contributed by atoms with E-state index in [2.05, 4.69) is 39.5 Å². The van der Waals surface area contributed by atoms with Gasteiger partial charge in [0.15, 0.2) is 5.82 Å². The molecule has 0 aliphatic carbocycles. The topological polar surface area (TPSA) is 110 Å². The van der Waals surface area contributed by atoms with Crippen LogP contribution in [0.5, 0.6) is 5.75 Å². The molecule has 9 nitrogen and oxygen atoms in total. The second kappa shape index (κ2) is 11.6. The molecular weight excluding hydrogens is 446 g/mol. The highest BCUT2D eigenvalue weighted by Crippen LogP contribution is 2.26. The number of nitrogens with zero attached hydrogens (tertiary/aromatic N) is 3. The second-order valence-corrected chi connectivity index (χ2v) is 9.95. The number of amides is 2. The first kappa shape index (κ1) is 25.0. The second-order valence-electron chi connectivity index (χ2n) is 9.95. The van der Waals surface area contributed by atoms with Gasteiger partial charge in [-0.15, -0.1) is 0 Å². The van der Waals surface area contributed by atoms with Crippen molar-refractivity contribution in [1.82, 2.24) is 20.8 Å². The fourth-order valence-corrected chi connectivity index (χ4v) is 4.69. The van der Waals surface area contributed by atoms with Crippen LogP contribution >= 0.6 is 0 Å². The quantitative estimate of drug-likeness (QED) is 0.525. The Morgan fingerprint density at radius 2 is 2.09 bits per heavy atom. The first-order valence-electron chi connectivity index (χ1n) is 12.8. The molecule has 2 aliphatic rings. The van der Waals surface area contributed by atoms with E-state index in [9.17, 15) is 9.59 Å². The molecule has 0 unspecified atom stereocenters. The lowest BCUT2D eigenvalue weighted by Gasteiger charge is -2.30. The van der Waals surface area contributed by atoms with Crippen molar-refractivity contribution in [2.75, 3.05) is 31.1 Å². The minimum absolute atomic E-state index is 0.109. The minimum atomic E-state index is -0.456. The van der Waals surface area contributed by atoms with Gasteiger partial charge >= 0.3 is 6.01 Å². The van der Waals surface area contributed by atoms with Gasteiger partial charge in [-0.05, 0) is 75.1 Å². The molecule has 1 atom stereocenters. The fourth-order valence-electron chi connectivity index (χ4n) is 4.69. The zero-order valence-corrected chi connectivity index (χ0v) is 21.0.